The molecule has 1 fully saturated rings. The third-order valence-electron chi connectivity index (χ3n) is 3.17. The highest BCUT2D eigenvalue weighted by molar-refractivity contribution is 5.50. The standard InChI is InChI=1S/C11H19N3O2/c1-8-10(7-15)11(13(2)12-8)14-5-3-4-9(16)6-14/h9,15-16H,3-7H2,1-2H3. The van der Waals surface area contributed by atoms with Gasteiger partial charge in [0.15, 0.2) is 0 Å². The van der Waals surface area contributed by atoms with Crippen molar-refractivity contribution in [3.05, 3.63) is 11.3 Å². The highest BCUT2D eigenvalue weighted by Gasteiger charge is 2.23. The Kier molecular flexibility index (Phi) is 3.16. The van der Waals surface area contributed by atoms with Crippen molar-refractivity contribution in [3.63, 3.8) is 0 Å². The molecule has 5 heteroatoms. The molecule has 0 spiro atoms. The maximum absolute atomic E-state index is 9.67. The van der Waals surface area contributed by atoms with E-state index in [0.29, 0.717) is 6.54 Å². The number of nitrogens with zero attached hydrogens (tertiary/aromatic N) is 3. The molecule has 0 aliphatic carbocycles. The summed E-state index contributed by atoms with van der Waals surface area (Å²) in [6, 6.07) is 0. The van der Waals surface area contributed by atoms with Crippen LogP contribution >= 0.6 is 0 Å². The van der Waals surface area contributed by atoms with Gasteiger partial charge in [0.25, 0.3) is 0 Å². The maximum atomic E-state index is 9.67. The van der Waals surface area contributed by atoms with Gasteiger partial charge in [0, 0.05) is 25.7 Å². The molecule has 0 amide bonds. The van der Waals surface area contributed by atoms with Crippen molar-refractivity contribution in [2.24, 2.45) is 7.05 Å². The van der Waals surface area contributed by atoms with E-state index < -0.39 is 0 Å². The SMILES string of the molecule is Cc1nn(C)c(N2CCCC(O)C2)c1CO. The van der Waals surface area contributed by atoms with Gasteiger partial charge < -0.3 is 15.1 Å². The molecule has 1 aromatic rings. The van der Waals surface area contributed by atoms with Crippen LogP contribution in [-0.4, -0.2) is 39.2 Å². The predicted molar refractivity (Wildman–Crippen MR) is 61.3 cm³/mol. The molecule has 0 radical (unpaired) electrons. The second-order valence-electron chi connectivity index (χ2n) is 4.41. The van der Waals surface area contributed by atoms with Gasteiger partial charge in [0.05, 0.1) is 18.4 Å². The molecule has 2 N–H and O–H groups in total. The molecule has 1 aliphatic rings. The number of hydrogen-bond acceptors (Lipinski definition) is 4. The number of aliphatic hydroxyl groups is 2. The van der Waals surface area contributed by atoms with Crippen molar-refractivity contribution in [3.8, 4) is 0 Å². The molecule has 1 saturated heterocycles. The highest BCUT2D eigenvalue weighted by Crippen LogP contribution is 2.26. The third kappa shape index (κ3) is 1.92. The van der Waals surface area contributed by atoms with Crippen LogP contribution in [0, 0.1) is 6.92 Å². The van der Waals surface area contributed by atoms with Crippen LogP contribution in [0.3, 0.4) is 0 Å². The van der Waals surface area contributed by atoms with Crippen LogP contribution in [0.4, 0.5) is 5.82 Å². The summed E-state index contributed by atoms with van der Waals surface area (Å²) in [5, 5.41) is 23.4. The molecule has 1 atom stereocenters. The monoisotopic (exact) mass is 225 g/mol. The minimum Gasteiger partial charge on any atom is -0.391 e. The van der Waals surface area contributed by atoms with Crippen LogP contribution in [0.15, 0.2) is 0 Å². The lowest BCUT2D eigenvalue weighted by molar-refractivity contribution is 0.153. The minimum absolute atomic E-state index is 0.00159. The number of β-amino-alcohol motifs (C(OH)–C–C–N with tert-alkyl or cyclic N) is 1. The van der Waals surface area contributed by atoms with Crippen molar-refractivity contribution in [2.45, 2.75) is 32.5 Å². The molecule has 90 valence electrons. The molecule has 1 aliphatic heterocycles. The number of aromatic nitrogens is 2. The van der Waals surface area contributed by atoms with E-state index in [4.69, 9.17) is 0 Å². The first-order valence-corrected chi connectivity index (χ1v) is 5.69. The van der Waals surface area contributed by atoms with Gasteiger partial charge in [-0.1, -0.05) is 0 Å². The van der Waals surface area contributed by atoms with Crippen molar-refractivity contribution in [1.82, 2.24) is 9.78 Å². The zero-order chi connectivity index (χ0) is 11.7. The fourth-order valence-electron chi connectivity index (χ4n) is 2.42. The fourth-order valence-corrected chi connectivity index (χ4v) is 2.42. The topological polar surface area (TPSA) is 61.5 Å². The second kappa shape index (κ2) is 4.43. The van der Waals surface area contributed by atoms with Crippen LogP contribution in [-0.2, 0) is 13.7 Å². The number of anilines is 1. The summed E-state index contributed by atoms with van der Waals surface area (Å²) in [4.78, 5) is 2.11. The minimum atomic E-state index is -0.268. The number of aryl methyl sites for hydroxylation is 2. The van der Waals surface area contributed by atoms with E-state index in [1.165, 1.54) is 0 Å². The largest absolute Gasteiger partial charge is 0.391 e. The van der Waals surface area contributed by atoms with Crippen LogP contribution < -0.4 is 4.90 Å². The summed E-state index contributed by atoms with van der Waals surface area (Å²) in [6.45, 7) is 3.45. The van der Waals surface area contributed by atoms with Gasteiger partial charge in [-0.05, 0) is 19.8 Å². The highest BCUT2D eigenvalue weighted by atomic mass is 16.3. The molecule has 5 nitrogen and oxygen atoms in total. The average Bonchev–Trinajstić information content (AvgIpc) is 2.52. The Morgan fingerprint density at radius 1 is 1.50 bits per heavy atom. The summed E-state index contributed by atoms with van der Waals surface area (Å²) < 4.78 is 1.79. The number of rotatable bonds is 2. The van der Waals surface area contributed by atoms with Crippen molar-refractivity contribution in [2.75, 3.05) is 18.0 Å². The van der Waals surface area contributed by atoms with E-state index in [-0.39, 0.29) is 12.7 Å². The molecular weight excluding hydrogens is 206 g/mol. The predicted octanol–water partition coefficient (Wildman–Crippen LogP) is 0.182. The van der Waals surface area contributed by atoms with Gasteiger partial charge >= 0.3 is 0 Å². The Morgan fingerprint density at radius 3 is 2.88 bits per heavy atom. The van der Waals surface area contributed by atoms with Crippen LogP contribution in [0.2, 0.25) is 0 Å². The van der Waals surface area contributed by atoms with Crippen LogP contribution in [0.25, 0.3) is 0 Å². The lowest BCUT2D eigenvalue weighted by Crippen LogP contribution is -2.39. The number of aliphatic hydroxyl groups excluding tert-OH is 2. The normalized spacial score (nSPS) is 21.5. The zero-order valence-electron chi connectivity index (χ0n) is 9.85. The van der Waals surface area contributed by atoms with E-state index >= 15 is 0 Å². The quantitative estimate of drug-likeness (QED) is 0.754. The first kappa shape index (κ1) is 11.4. The number of hydrogen-bond donors (Lipinski definition) is 2. The first-order chi connectivity index (χ1) is 7.63. The molecule has 2 heterocycles. The molecule has 0 aromatic carbocycles. The van der Waals surface area contributed by atoms with Crippen molar-refractivity contribution in [1.29, 1.82) is 0 Å². The van der Waals surface area contributed by atoms with E-state index in [1.54, 1.807) is 4.68 Å². The Balaban J connectivity index is 2.31. The van der Waals surface area contributed by atoms with Gasteiger partial charge in [-0.25, -0.2) is 0 Å². The average molecular weight is 225 g/mol. The lowest BCUT2D eigenvalue weighted by atomic mass is 10.1. The lowest BCUT2D eigenvalue weighted by Gasteiger charge is -2.32. The van der Waals surface area contributed by atoms with Gasteiger partial charge in [0.1, 0.15) is 5.82 Å². The summed E-state index contributed by atoms with van der Waals surface area (Å²) in [5.41, 5.74) is 1.73. The van der Waals surface area contributed by atoms with Crippen molar-refractivity contribution >= 4 is 5.82 Å². The Hall–Kier alpha value is -1.07. The van der Waals surface area contributed by atoms with E-state index in [1.807, 2.05) is 14.0 Å². The van der Waals surface area contributed by atoms with Gasteiger partial charge in [-0.15, -0.1) is 0 Å². The van der Waals surface area contributed by atoms with Gasteiger partial charge in [0.2, 0.25) is 0 Å². The van der Waals surface area contributed by atoms with Crippen LogP contribution in [0.1, 0.15) is 24.1 Å². The molecule has 1 aromatic heterocycles. The Labute approximate surface area is 95.3 Å². The van der Waals surface area contributed by atoms with E-state index in [0.717, 1.165) is 36.5 Å². The Bertz CT molecular complexity index is 376. The van der Waals surface area contributed by atoms with Crippen LogP contribution in [0.5, 0.6) is 0 Å². The summed E-state index contributed by atoms with van der Waals surface area (Å²) in [5.74, 6) is 0.943. The summed E-state index contributed by atoms with van der Waals surface area (Å²) in [6.07, 6.45) is 1.58. The van der Waals surface area contributed by atoms with E-state index in [2.05, 4.69) is 10.00 Å². The first-order valence-electron chi connectivity index (χ1n) is 5.69. The molecule has 1 unspecified atom stereocenters. The van der Waals surface area contributed by atoms with Gasteiger partial charge in [-0.2, -0.15) is 5.10 Å². The van der Waals surface area contributed by atoms with E-state index in [9.17, 15) is 10.2 Å². The van der Waals surface area contributed by atoms with Gasteiger partial charge in [-0.3, -0.25) is 4.68 Å². The zero-order valence-corrected chi connectivity index (χ0v) is 9.85. The smallest absolute Gasteiger partial charge is 0.132 e. The molecule has 0 saturated carbocycles. The molecule has 16 heavy (non-hydrogen) atoms. The third-order valence-corrected chi connectivity index (χ3v) is 3.17. The summed E-state index contributed by atoms with van der Waals surface area (Å²) in [7, 11) is 1.88. The number of piperidine rings is 1. The van der Waals surface area contributed by atoms with Crippen molar-refractivity contribution < 1.29 is 10.2 Å². The fraction of sp³-hybridized carbons (Fsp3) is 0.727. The molecular formula is C11H19N3O2. The summed E-state index contributed by atoms with van der Waals surface area (Å²) >= 11 is 0. The molecule has 2 rings (SSSR count). The second-order valence-corrected chi connectivity index (χ2v) is 4.41. The molecule has 0 bridgehead atoms. The Morgan fingerprint density at radius 2 is 2.25 bits per heavy atom. The maximum Gasteiger partial charge on any atom is 0.132 e.